The highest BCUT2D eigenvalue weighted by Gasteiger charge is 2.09. The quantitative estimate of drug-likeness (QED) is 0.319. The van der Waals surface area contributed by atoms with Crippen molar-refractivity contribution in [2.24, 2.45) is 5.10 Å². The number of carbonyl (C=O) groups excluding carboxylic acids is 1. The van der Waals surface area contributed by atoms with Crippen LogP contribution in [0.5, 0.6) is 5.75 Å². The minimum atomic E-state index is -0.311. The largest absolute Gasteiger partial charge is 0.492 e. The predicted octanol–water partition coefficient (Wildman–Crippen LogP) is 4.97. The highest BCUT2D eigenvalue weighted by atomic mass is 35.5. The van der Waals surface area contributed by atoms with Gasteiger partial charge < -0.3 is 9.72 Å². The van der Waals surface area contributed by atoms with Crippen molar-refractivity contribution in [3.63, 3.8) is 0 Å². The smallest absolute Gasteiger partial charge is 0.271 e. The summed E-state index contributed by atoms with van der Waals surface area (Å²) in [6.45, 7) is 2.43. The molecule has 1 heterocycles. The lowest BCUT2D eigenvalue weighted by Crippen LogP contribution is -2.17. The zero-order chi connectivity index (χ0) is 21.6. The first-order chi connectivity index (χ1) is 15.1. The van der Waals surface area contributed by atoms with Crippen molar-refractivity contribution in [2.75, 3.05) is 6.61 Å². The van der Waals surface area contributed by atoms with E-state index in [-0.39, 0.29) is 5.91 Å². The van der Waals surface area contributed by atoms with Crippen LogP contribution in [0.1, 0.15) is 34.2 Å². The molecule has 4 aromatic rings. The van der Waals surface area contributed by atoms with Crippen LogP contribution in [0.25, 0.3) is 11.0 Å². The van der Waals surface area contributed by atoms with E-state index in [0.717, 1.165) is 22.4 Å². The minimum Gasteiger partial charge on any atom is -0.492 e. The molecule has 0 radical (unpaired) electrons. The van der Waals surface area contributed by atoms with Crippen LogP contribution in [0.4, 0.5) is 0 Å². The maximum atomic E-state index is 12.5. The Labute approximate surface area is 184 Å². The fraction of sp³-hybridized carbons (Fsp3) is 0.125. The number of halogens is 1. The Hall–Kier alpha value is -3.64. The van der Waals surface area contributed by atoms with Gasteiger partial charge in [0.15, 0.2) is 0 Å². The second-order valence-electron chi connectivity index (χ2n) is 6.90. The molecule has 3 aromatic carbocycles. The number of ether oxygens (including phenoxy) is 1. The number of H-pyrrole nitrogens is 1. The average Bonchev–Trinajstić information content (AvgIpc) is 3.17. The van der Waals surface area contributed by atoms with Gasteiger partial charge >= 0.3 is 0 Å². The van der Waals surface area contributed by atoms with Gasteiger partial charge in [-0.25, -0.2) is 10.4 Å². The van der Waals surface area contributed by atoms with E-state index in [0.29, 0.717) is 29.4 Å². The number of aromatic nitrogens is 2. The van der Waals surface area contributed by atoms with E-state index in [1.165, 1.54) is 11.8 Å². The van der Waals surface area contributed by atoms with Crippen molar-refractivity contribution in [1.29, 1.82) is 0 Å². The molecule has 1 aromatic heterocycles. The van der Waals surface area contributed by atoms with E-state index >= 15 is 0 Å². The summed E-state index contributed by atoms with van der Waals surface area (Å²) < 4.78 is 5.41. The molecular formula is C24H21ClN4O2. The number of hydrogen-bond acceptors (Lipinski definition) is 4. The molecule has 0 aliphatic heterocycles. The summed E-state index contributed by atoms with van der Waals surface area (Å²) in [6, 6.07) is 20.8. The number of benzene rings is 3. The summed E-state index contributed by atoms with van der Waals surface area (Å²) in [7, 11) is 0. The van der Waals surface area contributed by atoms with Crippen molar-refractivity contribution in [2.45, 2.75) is 13.3 Å². The van der Waals surface area contributed by atoms with Crippen LogP contribution in [0.3, 0.4) is 0 Å². The average molecular weight is 433 g/mol. The first-order valence-corrected chi connectivity index (χ1v) is 10.3. The summed E-state index contributed by atoms with van der Waals surface area (Å²) in [5, 5.41) is 4.52. The van der Waals surface area contributed by atoms with Crippen molar-refractivity contribution in [1.82, 2.24) is 15.4 Å². The molecule has 0 fully saturated rings. The molecule has 0 unspecified atom stereocenters. The van der Waals surface area contributed by atoms with Crippen molar-refractivity contribution in [3.8, 4) is 5.75 Å². The zero-order valence-corrected chi connectivity index (χ0v) is 17.7. The molecule has 0 atom stereocenters. The van der Waals surface area contributed by atoms with Crippen LogP contribution in [-0.2, 0) is 6.42 Å². The lowest BCUT2D eigenvalue weighted by molar-refractivity contribution is 0.0955. The Morgan fingerprint density at radius 3 is 2.77 bits per heavy atom. The molecule has 7 heteroatoms. The highest BCUT2D eigenvalue weighted by molar-refractivity contribution is 6.32. The predicted molar refractivity (Wildman–Crippen MR) is 123 cm³/mol. The monoisotopic (exact) mass is 432 g/mol. The molecule has 2 N–H and O–H groups in total. The van der Waals surface area contributed by atoms with E-state index in [2.05, 4.69) is 32.6 Å². The molecule has 0 saturated carbocycles. The molecule has 0 spiro atoms. The second-order valence-corrected chi connectivity index (χ2v) is 7.31. The standard InChI is InChI=1S/C24H21ClN4O2/c1-2-31-22-11-8-17(12-19(22)25)15-26-29-24(30)18-9-10-20-21(14-18)28-23(27-20)13-16-6-4-3-5-7-16/h3-12,14-15H,2,13H2,1H3,(H,27,28)(H,29,30)/b26-15-. The van der Waals surface area contributed by atoms with Crippen LogP contribution in [0.15, 0.2) is 71.8 Å². The number of nitrogens with zero attached hydrogens (tertiary/aromatic N) is 2. The molecule has 0 saturated heterocycles. The second kappa shape index (κ2) is 9.45. The summed E-state index contributed by atoms with van der Waals surface area (Å²) in [5.74, 6) is 1.16. The summed E-state index contributed by atoms with van der Waals surface area (Å²) in [6.07, 6.45) is 2.23. The molecule has 156 valence electrons. The van der Waals surface area contributed by atoms with Gasteiger partial charge in [0.25, 0.3) is 5.91 Å². The van der Waals surface area contributed by atoms with Gasteiger partial charge in [0.2, 0.25) is 0 Å². The number of hydrogen-bond donors (Lipinski definition) is 2. The number of amides is 1. The first kappa shape index (κ1) is 20.6. The van der Waals surface area contributed by atoms with Gasteiger partial charge in [-0.15, -0.1) is 0 Å². The van der Waals surface area contributed by atoms with Gasteiger partial charge in [-0.05, 0) is 54.4 Å². The van der Waals surface area contributed by atoms with Crippen LogP contribution in [-0.4, -0.2) is 28.7 Å². The maximum absolute atomic E-state index is 12.5. The van der Waals surface area contributed by atoms with Crippen molar-refractivity contribution >= 4 is 34.8 Å². The number of imidazole rings is 1. The minimum absolute atomic E-state index is 0.311. The zero-order valence-electron chi connectivity index (χ0n) is 16.9. The third-order valence-corrected chi connectivity index (χ3v) is 4.94. The van der Waals surface area contributed by atoms with Crippen LogP contribution in [0, 0.1) is 0 Å². The lowest BCUT2D eigenvalue weighted by Gasteiger charge is -2.05. The Kier molecular flexibility index (Phi) is 6.29. The van der Waals surface area contributed by atoms with Crippen LogP contribution >= 0.6 is 11.6 Å². The number of rotatable bonds is 7. The highest BCUT2D eigenvalue weighted by Crippen LogP contribution is 2.24. The van der Waals surface area contributed by atoms with Crippen LogP contribution < -0.4 is 10.2 Å². The number of carbonyl (C=O) groups is 1. The van der Waals surface area contributed by atoms with Gasteiger partial charge in [0.1, 0.15) is 11.6 Å². The molecule has 0 bridgehead atoms. The number of fused-ring (bicyclic) bond motifs is 1. The number of hydrazone groups is 1. The van der Waals surface area contributed by atoms with Gasteiger partial charge in [0, 0.05) is 12.0 Å². The third kappa shape index (κ3) is 5.10. The molecule has 6 nitrogen and oxygen atoms in total. The van der Waals surface area contributed by atoms with E-state index < -0.39 is 0 Å². The molecule has 4 rings (SSSR count). The fourth-order valence-corrected chi connectivity index (χ4v) is 3.42. The van der Waals surface area contributed by atoms with E-state index in [1.54, 1.807) is 24.3 Å². The van der Waals surface area contributed by atoms with Crippen LogP contribution in [0.2, 0.25) is 5.02 Å². The van der Waals surface area contributed by atoms with Crippen molar-refractivity contribution < 1.29 is 9.53 Å². The van der Waals surface area contributed by atoms with E-state index in [4.69, 9.17) is 16.3 Å². The summed E-state index contributed by atoms with van der Waals surface area (Å²) in [5.41, 5.74) is 6.57. The Morgan fingerprint density at radius 2 is 2.00 bits per heavy atom. The molecular weight excluding hydrogens is 412 g/mol. The third-order valence-electron chi connectivity index (χ3n) is 4.64. The summed E-state index contributed by atoms with van der Waals surface area (Å²) in [4.78, 5) is 20.4. The topological polar surface area (TPSA) is 79.4 Å². The number of aromatic amines is 1. The SMILES string of the molecule is CCOc1ccc(/C=N\NC(=O)c2ccc3nc(Cc4ccccc4)[nH]c3c2)cc1Cl. The molecule has 0 aliphatic carbocycles. The van der Waals surface area contributed by atoms with Gasteiger partial charge in [-0.1, -0.05) is 41.9 Å². The van der Waals surface area contributed by atoms with Gasteiger partial charge in [0.05, 0.1) is 28.9 Å². The fourth-order valence-electron chi connectivity index (χ4n) is 3.18. The normalized spacial score (nSPS) is 11.2. The molecule has 0 aliphatic rings. The molecule has 31 heavy (non-hydrogen) atoms. The van der Waals surface area contributed by atoms with Gasteiger partial charge in [-0.3, -0.25) is 4.79 Å². The summed E-state index contributed by atoms with van der Waals surface area (Å²) >= 11 is 6.17. The van der Waals surface area contributed by atoms with E-state index in [1.807, 2.05) is 37.3 Å². The molecule has 1 amide bonds. The van der Waals surface area contributed by atoms with E-state index in [9.17, 15) is 4.79 Å². The maximum Gasteiger partial charge on any atom is 0.271 e. The first-order valence-electron chi connectivity index (χ1n) is 9.90. The number of nitrogens with one attached hydrogen (secondary N) is 2. The Morgan fingerprint density at radius 1 is 1.16 bits per heavy atom. The van der Waals surface area contributed by atoms with Crippen molar-refractivity contribution in [3.05, 3.63) is 94.3 Å². The lowest BCUT2D eigenvalue weighted by atomic mass is 10.1. The Balaban J connectivity index is 1.43. The van der Waals surface area contributed by atoms with Gasteiger partial charge in [-0.2, -0.15) is 5.10 Å². The Bertz CT molecular complexity index is 1240.